The van der Waals surface area contributed by atoms with Crippen molar-refractivity contribution in [3.8, 4) is 42.3 Å². The van der Waals surface area contributed by atoms with E-state index >= 15 is 0 Å². The molecule has 8 aromatic heterocycles. The summed E-state index contributed by atoms with van der Waals surface area (Å²) in [7, 11) is 0. The minimum Gasteiger partial charge on any atom is -0.384 e. The van der Waals surface area contributed by atoms with Gasteiger partial charge in [0.15, 0.2) is 20.6 Å². The summed E-state index contributed by atoms with van der Waals surface area (Å²) in [6.07, 6.45) is 2.62. The van der Waals surface area contributed by atoms with Crippen LogP contribution in [-0.4, -0.2) is 59.8 Å². The van der Waals surface area contributed by atoms with E-state index in [1.807, 2.05) is 48.5 Å². The molecule has 0 aliphatic rings. The molecule has 0 amide bonds. The van der Waals surface area contributed by atoms with Gasteiger partial charge in [0, 0.05) is 130 Å². The lowest BCUT2D eigenvalue weighted by atomic mass is 10.2. The van der Waals surface area contributed by atoms with E-state index < -0.39 is 34.9 Å². The van der Waals surface area contributed by atoms with Crippen molar-refractivity contribution in [2.45, 2.75) is 118 Å². The molecule has 508 valence electrons. The van der Waals surface area contributed by atoms with Crippen LogP contribution in [0, 0.1) is 82.3 Å². The van der Waals surface area contributed by atoms with Gasteiger partial charge in [-0.05, 0) is 115 Å². The quantitative estimate of drug-likeness (QED) is 0.0333. The average Bonchev–Trinajstić information content (AvgIpc) is 1.69. The maximum Gasteiger partial charge on any atom is 0.190 e. The fourth-order valence-electron chi connectivity index (χ4n) is 8.98. The first-order valence-corrected chi connectivity index (χ1v) is 37.0. The van der Waals surface area contributed by atoms with Crippen LogP contribution in [0.5, 0.6) is 0 Å². The second kappa shape index (κ2) is 34.6. The average molecular weight is 1480 g/mol. The molecular weight excluding hydrogens is 1420 g/mol. The van der Waals surface area contributed by atoms with Gasteiger partial charge in [-0.25, -0.2) is 90.5 Å². The maximum atomic E-state index is 13.5. The number of nitrogen functional groups attached to an aromatic ring is 4. The molecule has 0 bridgehead atoms. The Morgan fingerprint density at radius 3 is 0.918 bits per heavy atom. The van der Waals surface area contributed by atoms with E-state index in [1.54, 1.807) is 47.7 Å². The number of aromatic nitrogens is 12. The Bertz CT molecular complexity index is 4600. The molecule has 0 saturated carbocycles. The molecule has 12 aromatic rings. The van der Waals surface area contributed by atoms with Crippen LogP contribution in [0.15, 0.2) is 124 Å². The van der Waals surface area contributed by atoms with Gasteiger partial charge in [0.1, 0.15) is 84.0 Å². The number of nitrogens with two attached hydrogens (primary N) is 4. The summed E-state index contributed by atoms with van der Waals surface area (Å²) in [4.78, 5) is 56.8. The molecular formula is C67H63F7N16S8. The molecule has 16 nitrogen and oxygen atoms in total. The van der Waals surface area contributed by atoms with Gasteiger partial charge in [0.05, 0.1) is 22.8 Å². The van der Waals surface area contributed by atoms with Gasteiger partial charge in [-0.3, -0.25) is 0 Å². The Labute approximate surface area is 594 Å². The SMILES string of the molecule is CCCc1sc(-c2cc(F)cc(F)c2)nc1CSc1nc(C)cc(N)n1.CCc1sc(-c2cc(F)cc(F)c2)nc1CSc1nc(C)cc(N)n1.Cc1cc(N)nc(SCc2nc(-c3cc(F)cc(F)c3)sc2C)n1.Cc1cc(N)nc(SCc2nc(-c3ccc(F)cc3)sc2C)n1. The molecule has 0 fully saturated rings. The fraction of sp³-hybridized carbons (Fsp3) is 0.224. The molecule has 31 heteroatoms. The summed E-state index contributed by atoms with van der Waals surface area (Å²) >= 11 is 11.8. The molecule has 8 heterocycles. The van der Waals surface area contributed by atoms with E-state index in [9.17, 15) is 30.7 Å². The first kappa shape index (κ1) is 74.1. The number of nitrogens with zero attached hydrogens (tertiary/aromatic N) is 12. The zero-order valence-corrected chi connectivity index (χ0v) is 60.4. The molecule has 0 spiro atoms. The van der Waals surface area contributed by atoms with Crippen molar-refractivity contribution < 1.29 is 30.7 Å². The minimum absolute atomic E-state index is 0.244. The van der Waals surface area contributed by atoms with Gasteiger partial charge in [-0.1, -0.05) is 67.3 Å². The largest absolute Gasteiger partial charge is 0.384 e. The Balaban J connectivity index is 0.000000153. The molecule has 4 aromatic carbocycles. The number of hydrogen-bond donors (Lipinski definition) is 4. The Morgan fingerprint density at radius 1 is 0.316 bits per heavy atom. The molecule has 0 aliphatic carbocycles. The van der Waals surface area contributed by atoms with Crippen molar-refractivity contribution in [3.63, 3.8) is 0 Å². The third-order valence-electron chi connectivity index (χ3n) is 13.3. The number of aryl methyl sites for hydroxylation is 8. The zero-order valence-electron chi connectivity index (χ0n) is 53.9. The van der Waals surface area contributed by atoms with Crippen LogP contribution >= 0.6 is 92.4 Å². The fourth-order valence-corrected chi connectivity index (χ4v) is 17.0. The molecule has 0 aliphatic heterocycles. The van der Waals surface area contributed by atoms with E-state index in [-0.39, 0.29) is 5.82 Å². The number of anilines is 4. The van der Waals surface area contributed by atoms with E-state index in [0.717, 1.165) is 113 Å². The Hall–Kier alpha value is -8.17. The van der Waals surface area contributed by atoms with Crippen LogP contribution in [0.3, 0.4) is 0 Å². The summed E-state index contributed by atoms with van der Waals surface area (Å²) < 4.78 is 93.7. The van der Waals surface area contributed by atoms with E-state index in [1.165, 1.54) is 130 Å². The lowest BCUT2D eigenvalue weighted by molar-refractivity contribution is 0.583. The normalized spacial score (nSPS) is 11.0. The predicted octanol–water partition coefficient (Wildman–Crippen LogP) is 18.2. The van der Waals surface area contributed by atoms with E-state index in [4.69, 9.17) is 22.9 Å². The van der Waals surface area contributed by atoms with Crippen LogP contribution in [-0.2, 0) is 35.9 Å². The summed E-state index contributed by atoms with van der Waals surface area (Å²) in [5.41, 5.74) is 32.1. The van der Waals surface area contributed by atoms with Crippen molar-refractivity contribution in [2.24, 2.45) is 0 Å². The number of thiazole rings is 4. The smallest absolute Gasteiger partial charge is 0.190 e. The van der Waals surface area contributed by atoms with Crippen molar-refractivity contribution in [3.05, 3.63) is 209 Å². The van der Waals surface area contributed by atoms with Gasteiger partial charge in [0.2, 0.25) is 0 Å². The number of rotatable bonds is 19. The second-order valence-corrected chi connectivity index (χ2v) is 29.8. The van der Waals surface area contributed by atoms with Crippen molar-refractivity contribution in [2.75, 3.05) is 22.9 Å². The van der Waals surface area contributed by atoms with Gasteiger partial charge < -0.3 is 22.9 Å². The van der Waals surface area contributed by atoms with Crippen LogP contribution in [0.25, 0.3) is 42.3 Å². The van der Waals surface area contributed by atoms with Crippen LogP contribution < -0.4 is 22.9 Å². The lowest BCUT2D eigenvalue weighted by Gasteiger charge is -2.03. The summed E-state index contributed by atoms with van der Waals surface area (Å²) in [5.74, 6) is 0.245. The molecule has 0 unspecified atom stereocenters. The van der Waals surface area contributed by atoms with E-state index in [0.29, 0.717) is 98.6 Å². The third kappa shape index (κ3) is 21.7. The highest BCUT2D eigenvalue weighted by Gasteiger charge is 2.19. The molecule has 0 radical (unpaired) electrons. The van der Waals surface area contributed by atoms with Crippen LogP contribution in [0.1, 0.15) is 85.3 Å². The van der Waals surface area contributed by atoms with Crippen molar-refractivity contribution in [1.29, 1.82) is 0 Å². The van der Waals surface area contributed by atoms with Gasteiger partial charge in [0.25, 0.3) is 0 Å². The van der Waals surface area contributed by atoms with Crippen molar-refractivity contribution in [1.82, 2.24) is 59.8 Å². The number of benzene rings is 4. The minimum atomic E-state index is -0.614. The zero-order chi connectivity index (χ0) is 70.3. The monoisotopic (exact) mass is 1480 g/mol. The van der Waals surface area contributed by atoms with Crippen LogP contribution in [0.4, 0.5) is 54.0 Å². The highest BCUT2D eigenvalue weighted by Crippen LogP contribution is 2.37. The Morgan fingerprint density at radius 2 is 0.602 bits per heavy atom. The molecule has 98 heavy (non-hydrogen) atoms. The molecule has 0 saturated heterocycles. The van der Waals surface area contributed by atoms with Crippen molar-refractivity contribution >= 4 is 116 Å². The van der Waals surface area contributed by atoms with E-state index in [2.05, 4.69) is 66.7 Å². The summed E-state index contributed by atoms with van der Waals surface area (Å²) in [6, 6.07) is 23.6. The number of thioether (sulfide) groups is 4. The number of halogens is 7. The highest BCUT2D eigenvalue weighted by atomic mass is 32.2. The standard InChI is InChI=1S/C18H18F2N4S2.C17H16F2N4S2.C16H14F2N4S2.C16H15FN4S2/c1-3-4-15-14(9-25-18-22-10(2)5-16(21)24-18)23-17(26-15)11-6-12(19)8-13(20)7-11;1-3-14-13(8-24-17-21-9(2)4-15(20)23-17)22-16(25-14)10-5-11(18)7-12(19)6-10;1-8-3-14(19)22-16(20-8)23-7-13-9(2)24-15(21-13)10-4-11(17)6-12(18)5-10;1-9-7-14(18)21-16(19-9)22-8-13-10(2)23-15(20-13)11-3-5-12(17)6-4-11/h5-8H,3-4,9H2,1-2H3,(H2,21,22,24);4-7H,3,8H2,1-2H3,(H2,20,21,23);3-6H,7H2,1-2H3,(H2,19,20,22);3-7H,8H2,1-2H3,(H2,18,19,21). The summed E-state index contributed by atoms with van der Waals surface area (Å²) in [5, 5.41) is 5.12. The Kier molecular flexibility index (Phi) is 26.1. The topological polar surface area (TPSA) is 259 Å². The van der Waals surface area contributed by atoms with Gasteiger partial charge in [-0.2, -0.15) is 0 Å². The summed E-state index contributed by atoms with van der Waals surface area (Å²) in [6.45, 7) is 15.5. The van der Waals surface area contributed by atoms with Gasteiger partial charge >= 0.3 is 0 Å². The van der Waals surface area contributed by atoms with Gasteiger partial charge in [-0.15, -0.1) is 45.3 Å². The predicted molar refractivity (Wildman–Crippen MR) is 386 cm³/mol. The first-order chi connectivity index (χ1) is 46.8. The molecule has 0 atom stereocenters. The molecule has 8 N–H and O–H groups in total. The lowest BCUT2D eigenvalue weighted by Crippen LogP contribution is -1.97. The first-order valence-electron chi connectivity index (χ1n) is 29.8. The second-order valence-electron chi connectivity index (χ2n) is 21.4. The molecule has 12 rings (SSSR count). The third-order valence-corrected chi connectivity index (χ3v) is 21.4. The number of hydrogen-bond acceptors (Lipinski definition) is 24. The maximum absolute atomic E-state index is 13.5. The highest BCUT2D eigenvalue weighted by molar-refractivity contribution is 7.99. The van der Waals surface area contributed by atoms with Crippen LogP contribution in [0.2, 0.25) is 0 Å².